The van der Waals surface area contributed by atoms with Gasteiger partial charge in [0, 0.05) is 39.1 Å². The van der Waals surface area contributed by atoms with Crippen LogP contribution < -0.4 is 9.80 Å². The molecule has 0 atom stereocenters. The molecule has 14 rings (SSSR count). The number of hydrogen-bond acceptors (Lipinski definition) is 5. The minimum Gasteiger partial charge on any atom is -0.455 e. The molecule has 3 nitrogen and oxygen atoms in total. The lowest BCUT2D eigenvalue weighted by atomic mass is 9.70. The van der Waals surface area contributed by atoms with E-state index in [9.17, 15) is 0 Å². The molecule has 3 heterocycles. The minimum absolute atomic E-state index is 0.648. The van der Waals surface area contributed by atoms with E-state index < -0.39 is 5.41 Å². The van der Waals surface area contributed by atoms with Crippen LogP contribution in [0.25, 0.3) is 65.7 Å². The quantitative estimate of drug-likeness (QED) is 0.166. The summed E-state index contributed by atoms with van der Waals surface area (Å²) in [5.41, 5.74) is 15.7. The predicted octanol–water partition coefficient (Wildman–Crippen LogP) is 17.3. The smallest absolute Gasteiger partial charge is 0.143 e. The van der Waals surface area contributed by atoms with Crippen LogP contribution in [0.3, 0.4) is 0 Å². The number of fused-ring (bicyclic) bond motifs is 16. The molecular formula is C59H36N2OS2. The SMILES string of the molecule is c1csc(N(c2ccc3c(c2)C2(c4cc(N(c5ccc6ccccc6c5)c5cccs5)ccc4-3)c3ccccc3-c3c2ccc2c3oc3ccccc32)c2ccc3ccccc3c2)c1. The number of thiophene rings is 2. The zero-order valence-corrected chi connectivity index (χ0v) is 36.0. The van der Waals surface area contributed by atoms with Crippen molar-refractivity contribution in [3.63, 3.8) is 0 Å². The molecule has 12 aromatic rings. The first-order valence-electron chi connectivity index (χ1n) is 21.7. The molecule has 1 spiro atoms. The molecule has 2 aliphatic carbocycles. The van der Waals surface area contributed by atoms with E-state index in [0.717, 1.165) is 44.7 Å². The Labute approximate surface area is 378 Å². The summed E-state index contributed by atoms with van der Waals surface area (Å²) in [4.78, 5) is 4.87. The zero-order valence-electron chi connectivity index (χ0n) is 34.4. The number of nitrogens with zero attached hydrogens (tertiary/aromatic N) is 2. The van der Waals surface area contributed by atoms with E-state index in [-0.39, 0.29) is 0 Å². The molecule has 0 radical (unpaired) electrons. The van der Waals surface area contributed by atoms with Gasteiger partial charge in [-0.15, -0.1) is 22.7 Å². The van der Waals surface area contributed by atoms with E-state index in [4.69, 9.17) is 4.42 Å². The van der Waals surface area contributed by atoms with Gasteiger partial charge in [0.25, 0.3) is 0 Å². The number of hydrogen-bond donors (Lipinski definition) is 0. The Balaban J connectivity index is 1.06. The predicted molar refractivity (Wildman–Crippen MR) is 270 cm³/mol. The van der Waals surface area contributed by atoms with Crippen LogP contribution >= 0.6 is 22.7 Å². The fourth-order valence-electron chi connectivity index (χ4n) is 10.9. The summed E-state index contributed by atoms with van der Waals surface area (Å²) in [6.45, 7) is 0. The molecule has 5 heteroatoms. The molecular weight excluding hydrogens is 817 g/mol. The van der Waals surface area contributed by atoms with Gasteiger partial charge in [-0.1, -0.05) is 127 Å². The first kappa shape index (κ1) is 35.9. The molecule has 0 fully saturated rings. The average molecular weight is 853 g/mol. The van der Waals surface area contributed by atoms with Crippen molar-refractivity contribution in [1.82, 2.24) is 0 Å². The summed E-state index contributed by atoms with van der Waals surface area (Å²) < 4.78 is 6.92. The average Bonchev–Trinajstić information content (AvgIpc) is 4.21. The Kier molecular flexibility index (Phi) is 7.65. The van der Waals surface area contributed by atoms with E-state index in [2.05, 4.69) is 227 Å². The van der Waals surface area contributed by atoms with Gasteiger partial charge in [-0.3, -0.25) is 0 Å². The van der Waals surface area contributed by atoms with Crippen molar-refractivity contribution in [2.75, 3.05) is 9.80 Å². The van der Waals surface area contributed by atoms with Crippen molar-refractivity contribution in [2.24, 2.45) is 0 Å². The fourth-order valence-corrected chi connectivity index (χ4v) is 12.5. The zero-order chi connectivity index (χ0) is 41.9. The summed E-state index contributed by atoms with van der Waals surface area (Å²) in [6, 6.07) is 76.3. The van der Waals surface area contributed by atoms with Gasteiger partial charge in [-0.25, -0.2) is 0 Å². The molecule has 3 aromatic heterocycles. The van der Waals surface area contributed by atoms with Crippen molar-refractivity contribution in [1.29, 1.82) is 0 Å². The molecule has 0 unspecified atom stereocenters. The maximum Gasteiger partial charge on any atom is 0.143 e. The fraction of sp³-hybridized carbons (Fsp3) is 0.0169. The lowest BCUT2D eigenvalue weighted by molar-refractivity contribution is 0.669. The second-order valence-electron chi connectivity index (χ2n) is 16.9. The molecule has 2 aliphatic rings. The molecule has 300 valence electrons. The highest BCUT2D eigenvalue weighted by Gasteiger charge is 2.53. The molecule has 0 amide bonds. The number of para-hydroxylation sites is 1. The van der Waals surface area contributed by atoms with Gasteiger partial charge < -0.3 is 14.2 Å². The van der Waals surface area contributed by atoms with Crippen molar-refractivity contribution in [3.8, 4) is 22.3 Å². The molecule has 9 aromatic carbocycles. The van der Waals surface area contributed by atoms with Crippen LogP contribution in [0.5, 0.6) is 0 Å². The Bertz CT molecular complexity index is 3660. The summed E-state index contributed by atoms with van der Waals surface area (Å²) >= 11 is 3.52. The number of benzene rings is 9. The lowest BCUT2D eigenvalue weighted by Crippen LogP contribution is -2.26. The first-order valence-corrected chi connectivity index (χ1v) is 23.5. The third-order valence-corrected chi connectivity index (χ3v) is 15.3. The van der Waals surface area contributed by atoms with E-state index in [1.165, 1.54) is 76.1 Å². The maximum atomic E-state index is 6.92. The molecule has 0 N–H and O–H groups in total. The van der Waals surface area contributed by atoms with Crippen LogP contribution in [0.2, 0.25) is 0 Å². The first-order chi connectivity index (χ1) is 31.7. The van der Waals surface area contributed by atoms with Crippen LogP contribution in [-0.2, 0) is 5.41 Å². The monoisotopic (exact) mass is 852 g/mol. The van der Waals surface area contributed by atoms with Gasteiger partial charge >= 0.3 is 0 Å². The summed E-state index contributed by atoms with van der Waals surface area (Å²) in [7, 11) is 0. The Morgan fingerprint density at radius 1 is 0.359 bits per heavy atom. The topological polar surface area (TPSA) is 19.6 Å². The van der Waals surface area contributed by atoms with Crippen molar-refractivity contribution < 1.29 is 4.42 Å². The highest BCUT2D eigenvalue weighted by molar-refractivity contribution is 7.14. The van der Waals surface area contributed by atoms with Crippen LogP contribution in [-0.4, -0.2) is 0 Å². The van der Waals surface area contributed by atoms with Crippen LogP contribution in [0.1, 0.15) is 22.3 Å². The molecule has 64 heavy (non-hydrogen) atoms. The van der Waals surface area contributed by atoms with Gasteiger partial charge in [0.15, 0.2) is 0 Å². The van der Waals surface area contributed by atoms with Gasteiger partial charge in [0.2, 0.25) is 0 Å². The van der Waals surface area contributed by atoms with Crippen LogP contribution in [0, 0.1) is 0 Å². The second-order valence-corrected chi connectivity index (χ2v) is 18.7. The summed E-state index contributed by atoms with van der Waals surface area (Å²) in [5, 5.41) is 13.9. The maximum absolute atomic E-state index is 6.92. The highest BCUT2D eigenvalue weighted by atomic mass is 32.1. The number of anilines is 6. The number of rotatable bonds is 6. The van der Waals surface area contributed by atoms with Crippen LogP contribution in [0.4, 0.5) is 32.8 Å². The van der Waals surface area contributed by atoms with Crippen LogP contribution in [0.15, 0.2) is 221 Å². The third kappa shape index (κ3) is 5.02. The van der Waals surface area contributed by atoms with Crippen molar-refractivity contribution in [3.05, 3.63) is 239 Å². The van der Waals surface area contributed by atoms with Gasteiger partial charge in [-0.2, -0.15) is 0 Å². The standard InChI is InChI=1S/C59H36N2OS2/c1-3-13-39-33-41(23-21-37(39)11-1)60(55-19-9-31-63-55)43-25-27-45-46-28-26-44(61(56-20-10-32-64-56)42-24-22-38-12-2-4-14-40(38)34-42)36-53(46)59(52(45)35-43)50-17-7-5-16-49(50)57-51(59)30-29-48-47-15-6-8-18-54(47)62-58(48)57/h1-36H. The Morgan fingerprint density at radius 3 is 1.50 bits per heavy atom. The van der Waals surface area contributed by atoms with Gasteiger partial charge in [-0.05, 0) is 150 Å². The highest BCUT2D eigenvalue weighted by Crippen LogP contribution is 2.65. The third-order valence-electron chi connectivity index (χ3n) is 13.6. The largest absolute Gasteiger partial charge is 0.455 e. The molecule has 0 saturated carbocycles. The number of furan rings is 1. The van der Waals surface area contributed by atoms with E-state index in [1.54, 1.807) is 22.7 Å². The summed E-state index contributed by atoms with van der Waals surface area (Å²) in [6.07, 6.45) is 0. The second kappa shape index (κ2) is 13.6. The molecule has 0 bridgehead atoms. The van der Waals surface area contributed by atoms with E-state index in [1.807, 2.05) is 0 Å². The van der Waals surface area contributed by atoms with E-state index in [0.29, 0.717) is 0 Å². The van der Waals surface area contributed by atoms with E-state index >= 15 is 0 Å². The summed E-state index contributed by atoms with van der Waals surface area (Å²) in [5.74, 6) is 0. The Hall–Kier alpha value is -7.70. The lowest BCUT2D eigenvalue weighted by Gasteiger charge is -2.33. The Morgan fingerprint density at radius 2 is 0.891 bits per heavy atom. The van der Waals surface area contributed by atoms with Crippen molar-refractivity contribution in [2.45, 2.75) is 5.41 Å². The normalized spacial score (nSPS) is 13.1. The minimum atomic E-state index is -0.648. The molecule has 0 aliphatic heterocycles. The molecule has 0 saturated heterocycles. The van der Waals surface area contributed by atoms with Gasteiger partial charge in [0.1, 0.15) is 11.2 Å². The van der Waals surface area contributed by atoms with Gasteiger partial charge in [0.05, 0.1) is 15.4 Å². The van der Waals surface area contributed by atoms with Crippen molar-refractivity contribution >= 4 is 98.9 Å².